The Morgan fingerprint density at radius 1 is 0.906 bits per heavy atom. The summed E-state index contributed by atoms with van der Waals surface area (Å²) < 4.78 is 8.78. The van der Waals surface area contributed by atoms with E-state index in [4.69, 9.17) is 21.3 Å². The summed E-state index contributed by atoms with van der Waals surface area (Å²) in [5, 5.41) is 0.703. The van der Waals surface area contributed by atoms with Gasteiger partial charge in [0.25, 0.3) is 0 Å². The fourth-order valence-electron chi connectivity index (χ4n) is 3.70. The van der Waals surface area contributed by atoms with Crippen molar-refractivity contribution < 1.29 is 4.74 Å². The molecule has 0 amide bonds. The summed E-state index contributed by atoms with van der Waals surface area (Å²) in [4.78, 5) is 6.89. The Morgan fingerprint density at radius 2 is 1.53 bits per heavy atom. The zero-order valence-corrected chi connectivity index (χ0v) is 19.2. The third-order valence-electron chi connectivity index (χ3n) is 5.58. The van der Waals surface area contributed by atoms with E-state index in [9.17, 15) is 0 Å². The molecule has 4 nitrogen and oxygen atoms in total. The van der Waals surface area contributed by atoms with Crippen molar-refractivity contribution in [2.45, 2.75) is 32.3 Å². The minimum atomic E-state index is -0.320. The third-order valence-corrected chi connectivity index (χ3v) is 5.83. The number of hydrogen-bond donors (Lipinski definition) is 0. The van der Waals surface area contributed by atoms with E-state index in [0.717, 1.165) is 24.5 Å². The summed E-state index contributed by atoms with van der Waals surface area (Å²) in [5.74, 6) is 0.871. The van der Waals surface area contributed by atoms with E-state index in [1.54, 1.807) is 0 Å². The third kappa shape index (κ3) is 5.65. The monoisotopic (exact) mass is 445 g/mol. The van der Waals surface area contributed by atoms with Crippen LogP contribution in [0.25, 0.3) is 0 Å². The van der Waals surface area contributed by atoms with Crippen LogP contribution in [0.2, 0.25) is 5.02 Å². The molecule has 1 heterocycles. The van der Waals surface area contributed by atoms with Gasteiger partial charge < -0.3 is 9.30 Å². The molecule has 4 aromatic rings. The number of benzene rings is 3. The van der Waals surface area contributed by atoms with Gasteiger partial charge in [-0.1, -0.05) is 84.4 Å². The minimum absolute atomic E-state index is 0.127. The zero-order valence-electron chi connectivity index (χ0n) is 18.4. The van der Waals surface area contributed by atoms with E-state index >= 15 is 0 Å². The molecule has 0 aliphatic carbocycles. The van der Waals surface area contributed by atoms with Crippen LogP contribution >= 0.6 is 11.6 Å². The van der Waals surface area contributed by atoms with E-state index in [0.29, 0.717) is 5.02 Å². The maximum absolute atomic E-state index is 6.63. The molecule has 0 aliphatic rings. The number of imidazole rings is 1. The van der Waals surface area contributed by atoms with Gasteiger partial charge in [0.2, 0.25) is 0 Å². The second-order valence-corrected chi connectivity index (χ2v) is 8.40. The van der Waals surface area contributed by atoms with Crippen LogP contribution in [-0.2, 0) is 17.8 Å². The average molecular weight is 446 g/mol. The molecule has 0 N–H and O–H groups in total. The maximum Gasteiger partial charge on any atom is 0.142 e. The molecule has 0 aliphatic heterocycles. The Labute approximate surface area is 195 Å². The van der Waals surface area contributed by atoms with Crippen LogP contribution in [0.3, 0.4) is 0 Å². The van der Waals surface area contributed by atoms with Gasteiger partial charge in [-0.25, -0.2) is 4.98 Å². The number of hydrogen-bond acceptors (Lipinski definition) is 3. The molecule has 0 saturated heterocycles. The molecule has 3 aromatic carbocycles. The lowest BCUT2D eigenvalue weighted by atomic mass is 10.1. The molecule has 2 atom stereocenters. The second-order valence-electron chi connectivity index (χ2n) is 7.97. The van der Waals surface area contributed by atoms with E-state index in [1.807, 2.05) is 48.8 Å². The fraction of sp³-hybridized carbons (Fsp3) is 0.222. The van der Waals surface area contributed by atoms with Crippen LogP contribution in [0.15, 0.2) is 97.3 Å². The van der Waals surface area contributed by atoms with E-state index in [1.165, 1.54) is 11.1 Å². The SMILES string of the molecule is CC(OC(c1ccc(Cl)cc1)c1nccn1Cc1ccccc1)N(C)Cc1ccccc1. The topological polar surface area (TPSA) is 30.3 Å². The maximum atomic E-state index is 6.63. The first-order valence-corrected chi connectivity index (χ1v) is 11.2. The highest BCUT2D eigenvalue weighted by Crippen LogP contribution is 2.29. The van der Waals surface area contributed by atoms with Crippen molar-refractivity contribution in [3.63, 3.8) is 0 Å². The van der Waals surface area contributed by atoms with Crippen LogP contribution in [0, 0.1) is 0 Å². The normalized spacial score (nSPS) is 13.2. The largest absolute Gasteiger partial charge is 0.348 e. The predicted octanol–water partition coefficient (Wildman–Crippen LogP) is 6.17. The van der Waals surface area contributed by atoms with Gasteiger partial charge >= 0.3 is 0 Å². The quantitative estimate of drug-likeness (QED) is 0.288. The van der Waals surface area contributed by atoms with E-state index in [-0.39, 0.29) is 12.3 Å². The summed E-state index contributed by atoms with van der Waals surface area (Å²) in [6.45, 7) is 3.61. The number of aromatic nitrogens is 2. The molecule has 0 bridgehead atoms. The summed E-state index contributed by atoms with van der Waals surface area (Å²) in [7, 11) is 2.08. The smallest absolute Gasteiger partial charge is 0.142 e. The Hall–Kier alpha value is -2.92. The highest BCUT2D eigenvalue weighted by Gasteiger charge is 2.24. The van der Waals surface area contributed by atoms with Crippen molar-refractivity contribution in [2.24, 2.45) is 0 Å². The van der Waals surface area contributed by atoms with Gasteiger partial charge in [-0.15, -0.1) is 0 Å². The van der Waals surface area contributed by atoms with E-state index in [2.05, 4.69) is 72.0 Å². The van der Waals surface area contributed by atoms with Crippen molar-refractivity contribution in [3.05, 3.63) is 125 Å². The summed E-state index contributed by atoms with van der Waals surface area (Å²) >= 11 is 6.16. The van der Waals surface area contributed by atoms with Gasteiger partial charge in [0.15, 0.2) is 0 Å². The Kier molecular flexibility index (Phi) is 7.38. The van der Waals surface area contributed by atoms with Gasteiger partial charge in [-0.05, 0) is 42.8 Å². The first kappa shape index (κ1) is 22.3. The lowest BCUT2D eigenvalue weighted by Gasteiger charge is -2.29. The zero-order chi connectivity index (χ0) is 22.3. The molecule has 4 rings (SSSR count). The van der Waals surface area contributed by atoms with Crippen molar-refractivity contribution >= 4 is 11.6 Å². The van der Waals surface area contributed by atoms with Crippen LogP contribution in [0.5, 0.6) is 0 Å². The average Bonchev–Trinajstić information content (AvgIpc) is 3.27. The summed E-state index contributed by atoms with van der Waals surface area (Å²) in [5.41, 5.74) is 3.49. The molecular weight excluding hydrogens is 418 g/mol. The van der Waals surface area contributed by atoms with E-state index < -0.39 is 0 Å². The minimum Gasteiger partial charge on any atom is -0.348 e. The van der Waals surface area contributed by atoms with Crippen molar-refractivity contribution in [2.75, 3.05) is 7.05 Å². The highest BCUT2D eigenvalue weighted by atomic mass is 35.5. The van der Waals surface area contributed by atoms with Crippen LogP contribution < -0.4 is 0 Å². The Morgan fingerprint density at radius 3 is 2.19 bits per heavy atom. The number of rotatable bonds is 9. The van der Waals surface area contributed by atoms with Gasteiger partial charge in [0, 0.05) is 30.5 Å². The van der Waals surface area contributed by atoms with Crippen LogP contribution in [0.4, 0.5) is 0 Å². The Balaban J connectivity index is 1.59. The molecule has 0 spiro atoms. The molecule has 1 aromatic heterocycles. The van der Waals surface area contributed by atoms with Crippen LogP contribution in [0.1, 0.15) is 35.5 Å². The molecule has 0 saturated carbocycles. The van der Waals surface area contributed by atoms with Crippen LogP contribution in [-0.4, -0.2) is 27.7 Å². The van der Waals surface area contributed by atoms with Gasteiger partial charge in [-0.3, -0.25) is 4.90 Å². The molecule has 32 heavy (non-hydrogen) atoms. The first-order valence-electron chi connectivity index (χ1n) is 10.8. The second kappa shape index (κ2) is 10.6. The highest BCUT2D eigenvalue weighted by molar-refractivity contribution is 6.30. The van der Waals surface area contributed by atoms with Crippen molar-refractivity contribution in [1.82, 2.24) is 14.5 Å². The summed E-state index contributed by atoms with van der Waals surface area (Å²) in [6, 6.07) is 28.6. The predicted molar refractivity (Wildman–Crippen MR) is 130 cm³/mol. The molecule has 0 fully saturated rings. The standard InChI is InChI=1S/C27H28ClN3O/c1-21(30(2)19-22-9-5-3-6-10-22)32-26(24-13-15-25(28)16-14-24)27-29-17-18-31(27)20-23-11-7-4-8-12-23/h3-18,21,26H,19-20H2,1-2H3. The molecule has 2 unspecified atom stereocenters. The van der Waals surface area contributed by atoms with Gasteiger partial charge in [-0.2, -0.15) is 0 Å². The number of halogens is 1. The van der Waals surface area contributed by atoms with Crippen molar-refractivity contribution in [3.8, 4) is 0 Å². The molecule has 0 radical (unpaired) electrons. The Bertz CT molecular complexity index is 1100. The molecule has 5 heteroatoms. The van der Waals surface area contributed by atoms with Gasteiger partial charge in [0.05, 0.1) is 0 Å². The van der Waals surface area contributed by atoms with Gasteiger partial charge in [0.1, 0.15) is 18.2 Å². The van der Waals surface area contributed by atoms with Crippen molar-refractivity contribution in [1.29, 1.82) is 0 Å². The fourth-order valence-corrected chi connectivity index (χ4v) is 3.83. The lowest BCUT2D eigenvalue weighted by molar-refractivity contribution is -0.0735. The first-order chi connectivity index (χ1) is 15.6. The molecule has 164 valence electrons. The lowest BCUT2D eigenvalue weighted by Crippen LogP contribution is -2.33. The molecular formula is C27H28ClN3O. The number of ether oxygens (including phenoxy) is 1. The summed E-state index contributed by atoms with van der Waals surface area (Å²) in [6.07, 6.45) is 3.40. The number of nitrogens with zero attached hydrogens (tertiary/aromatic N) is 3.